The van der Waals surface area contributed by atoms with Crippen LogP contribution in [0.4, 0.5) is 5.69 Å². The molecule has 0 unspecified atom stereocenters. The Balaban J connectivity index is 1.63. The predicted molar refractivity (Wildman–Crippen MR) is 144 cm³/mol. The lowest BCUT2D eigenvalue weighted by molar-refractivity contribution is -0.205. The highest BCUT2D eigenvalue weighted by Crippen LogP contribution is 2.68. The molecule has 3 fully saturated rings. The second kappa shape index (κ2) is 9.93. The van der Waals surface area contributed by atoms with Crippen LogP contribution in [0.2, 0.25) is 0 Å². The first-order valence-corrected chi connectivity index (χ1v) is 14.2. The van der Waals surface area contributed by atoms with Gasteiger partial charge in [-0.3, -0.25) is 24.0 Å². The van der Waals surface area contributed by atoms with Gasteiger partial charge in [-0.25, -0.2) is 0 Å². The molecule has 8 atom stereocenters. The number of esters is 1. The third kappa shape index (κ3) is 4.24. The van der Waals surface area contributed by atoms with Gasteiger partial charge in [0.15, 0.2) is 0 Å². The number of ether oxygens (including phenoxy) is 1. The van der Waals surface area contributed by atoms with E-state index in [0.29, 0.717) is 19.3 Å². The van der Waals surface area contributed by atoms with E-state index in [1.165, 1.54) is 0 Å². The fourth-order valence-corrected chi connectivity index (χ4v) is 8.49. The van der Waals surface area contributed by atoms with Crippen LogP contribution in [0, 0.1) is 34.0 Å². The number of hydrogen-bond donors (Lipinski definition) is 3. The number of aliphatic hydroxyl groups excluding tert-OH is 1. The molecule has 4 rings (SSSR count). The van der Waals surface area contributed by atoms with Crippen molar-refractivity contribution in [2.75, 3.05) is 17.6 Å². The van der Waals surface area contributed by atoms with Crippen molar-refractivity contribution in [3.8, 4) is 0 Å². The van der Waals surface area contributed by atoms with Crippen LogP contribution >= 0.6 is 11.8 Å². The van der Waals surface area contributed by atoms with Crippen LogP contribution in [0.3, 0.4) is 0 Å². The van der Waals surface area contributed by atoms with Crippen LogP contribution in [0.15, 0.2) is 27.1 Å². The van der Waals surface area contributed by atoms with Gasteiger partial charge in [-0.2, -0.15) is 0 Å². The van der Waals surface area contributed by atoms with E-state index < -0.39 is 45.8 Å². The van der Waals surface area contributed by atoms with Crippen LogP contribution < -0.4 is 21.9 Å². The molecule has 9 nitrogen and oxygen atoms in total. The van der Waals surface area contributed by atoms with Gasteiger partial charge >= 0.3 is 5.97 Å². The molecule has 208 valence electrons. The van der Waals surface area contributed by atoms with Crippen LogP contribution in [0.25, 0.3) is 0 Å². The Hall–Kier alpha value is -2.46. The summed E-state index contributed by atoms with van der Waals surface area (Å²) in [5, 5.41) is 14.3. The maximum atomic E-state index is 13.5. The van der Waals surface area contributed by atoms with Crippen molar-refractivity contribution in [3.05, 3.63) is 33.1 Å². The lowest BCUT2D eigenvalue weighted by Crippen LogP contribution is -2.63. The highest BCUT2D eigenvalue weighted by molar-refractivity contribution is 8.00. The van der Waals surface area contributed by atoms with Gasteiger partial charge in [0.25, 0.3) is 5.43 Å². The molecule has 3 aliphatic carbocycles. The number of nitrogens with two attached hydrogens (primary N) is 1. The Morgan fingerprint density at radius 2 is 1.89 bits per heavy atom. The summed E-state index contributed by atoms with van der Waals surface area (Å²) in [6.45, 7) is 11.8. The van der Waals surface area contributed by atoms with Gasteiger partial charge in [-0.15, -0.1) is 18.3 Å². The fraction of sp³-hybridized carbons (Fsp3) is 0.679. The largest absolute Gasteiger partial charge is 0.460 e. The molecule has 2 bridgehead atoms. The summed E-state index contributed by atoms with van der Waals surface area (Å²) in [5.74, 6) is -1.65. The van der Waals surface area contributed by atoms with Crippen molar-refractivity contribution in [3.63, 3.8) is 0 Å². The van der Waals surface area contributed by atoms with Crippen LogP contribution in [0.1, 0.15) is 59.8 Å². The smallest absolute Gasteiger partial charge is 0.325 e. The number of hydrogen-bond acceptors (Lipinski definition) is 9. The predicted octanol–water partition coefficient (Wildman–Crippen LogP) is 2.18. The van der Waals surface area contributed by atoms with Gasteiger partial charge in [0.1, 0.15) is 24.1 Å². The Bertz CT molecular complexity index is 1240. The van der Waals surface area contributed by atoms with Crippen molar-refractivity contribution in [1.82, 2.24) is 0 Å². The molecule has 1 aromatic rings. The number of carbonyl (C=O) groups excluding carboxylic acids is 3. The number of thioether (sulfide) groups is 1. The van der Waals surface area contributed by atoms with Gasteiger partial charge in [0, 0.05) is 23.2 Å². The zero-order chi connectivity index (χ0) is 28.2. The highest BCUT2D eigenvalue weighted by Gasteiger charge is 2.68. The van der Waals surface area contributed by atoms with E-state index in [9.17, 15) is 29.1 Å². The Morgan fingerprint density at radius 3 is 2.53 bits per heavy atom. The summed E-state index contributed by atoms with van der Waals surface area (Å²) in [7, 11) is 0. The monoisotopic (exact) mass is 546 g/mol. The molecule has 0 saturated heterocycles. The molecule has 4 N–H and O–H groups in total. The molecule has 0 aromatic heterocycles. The van der Waals surface area contributed by atoms with Crippen molar-refractivity contribution in [2.45, 2.75) is 76.9 Å². The van der Waals surface area contributed by atoms with E-state index in [2.05, 4.69) is 18.8 Å². The lowest BCUT2D eigenvalue weighted by atomic mass is 9.44. The number of anilines is 1. The minimum Gasteiger partial charge on any atom is -0.460 e. The maximum absolute atomic E-state index is 13.5. The normalized spacial score (nSPS) is 38.7. The minimum atomic E-state index is -0.765. The third-order valence-corrected chi connectivity index (χ3v) is 11.3. The van der Waals surface area contributed by atoms with Crippen molar-refractivity contribution < 1.29 is 24.2 Å². The van der Waals surface area contributed by atoms with E-state index in [1.807, 2.05) is 20.8 Å². The lowest BCUT2D eigenvalue weighted by Gasteiger charge is -2.61. The number of ketones is 1. The van der Waals surface area contributed by atoms with Crippen LogP contribution in [-0.4, -0.2) is 47.3 Å². The average molecular weight is 547 g/mol. The second-order valence-corrected chi connectivity index (χ2v) is 13.0. The summed E-state index contributed by atoms with van der Waals surface area (Å²) in [5.41, 5.74) is 1.84. The fourth-order valence-electron chi connectivity index (χ4n) is 7.67. The van der Waals surface area contributed by atoms with Crippen LogP contribution in [-0.2, 0) is 19.1 Å². The molecule has 1 amide bonds. The molecule has 1 aromatic carbocycles. The molecular formula is C28H38N2O7S. The maximum Gasteiger partial charge on any atom is 0.325 e. The van der Waals surface area contributed by atoms with Crippen molar-refractivity contribution >= 4 is 35.1 Å². The summed E-state index contributed by atoms with van der Waals surface area (Å²) in [6, 6.07) is 0. The first-order chi connectivity index (χ1) is 17.7. The zero-order valence-corrected chi connectivity index (χ0v) is 23.3. The third-order valence-electron chi connectivity index (χ3n) is 10.2. The number of carbonyl (C=O) groups is 3. The highest BCUT2D eigenvalue weighted by atomic mass is 32.2. The number of primary amides is 1. The topological polar surface area (TPSA) is 153 Å². The molecule has 0 heterocycles. The average Bonchev–Trinajstić information content (AvgIpc) is 3.23. The Labute approximate surface area is 226 Å². The molecular weight excluding hydrogens is 508 g/mol. The second-order valence-electron chi connectivity index (χ2n) is 12.0. The molecule has 38 heavy (non-hydrogen) atoms. The van der Waals surface area contributed by atoms with E-state index in [-0.39, 0.29) is 51.8 Å². The van der Waals surface area contributed by atoms with E-state index in [0.717, 1.165) is 24.6 Å². The minimum absolute atomic E-state index is 0.0294. The van der Waals surface area contributed by atoms with Crippen molar-refractivity contribution in [1.29, 1.82) is 0 Å². The van der Waals surface area contributed by atoms with E-state index >= 15 is 0 Å². The van der Waals surface area contributed by atoms with Crippen LogP contribution in [0.5, 0.6) is 0 Å². The number of Topliss-reactive ketones (excluding diaryl/α,β-unsaturated/α-hetero) is 1. The molecule has 3 aliphatic rings. The van der Waals surface area contributed by atoms with Gasteiger partial charge in [-0.1, -0.05) is 33.8 Å². The number of aliphatic hydroxyl groups is 1. The van der Waals surface area contributed by atoms with E-state index in [4.69, 9.17) is 10.5 Å². The Morgan fingerprint density at radius 1 is 1.21 bits per heavy atom. The number of nitrogens with one attached hydrogen (secondary N) is 1. The zero-order valence-electron chi connectivity index (χ0n) is 22.5. The SMILES string of the molecule is C=C[C@]1(C)C[C@@H](OC(=O)CNc2c(SCC(N)=O)c(=O)c2=O)[C@]2(C)[C@H](C)CC[C@]3(CCC(=O)[C@H]32)[C@@H](C)[C@@H]1O. The van der Waals surface area contributed by atoms with Gasteiger partial charge < -0.3 is 20.9 Å². The first-order valence-electron chi connectivity index (χ1n) is 13.2. The van der Waals surface area contributed by atoms with E-state index in [1.54, 1.807) is 6.08 Å². The molecule has 0 aliphatic heterocycles. The standard InChI is InChI=1S/C28H38N2O7S/c1-6-26(4)11-17(37-19(33)12-30-20-21(34)22(35)23(20)38-13-18(29)32)27(5)14(2)7-9-28(15(3)25(26)36)10-8-16(31)24(27)28/h6,14-15,17,24-25,30,36H,1,7-13H2,2-5H3,(H2,29,32)/t14-,15+,17-,24+,25+,26-,27+,28+/m1/s1. The summed E-state index contributed by atoms with van der Waals surface area (Å²) >= 11 is 0.852. The molecule has 0 radical (unpaired) electrons. The molecule has 0 spiro atoms. The summed E-state index contributed by atoms with van der Waals surface area (Å²) in [4.78, 5) is 61.8. The Kier molecular flexibility index (Phi) is 7.46. The van der Waals surface area contributed by atoms with Crippen molar-refractivity contribution in [2.24, 2.45) is 39.7 Å². The quantitative estimate of drug-likeness (QED) is 0.193. The summed E-state index contributed by atoms with van der Waals surface area (Å²) in [6.07, 6.45) is 3.45. The number of amides is 1. The summed E-state index contributed by atoms with van der Waals surface area (Å²) < 4.78 is 6.12. The van der Waals surface area contributed by atoms with Gasteiger partial charge in [0.05, 0.1) is 16.8 Å². The molecule has 10 heteroatoms. The first kappa shape index (κ1) is 28.5. The number of rotatable bonds is 8. The molecule has 3 saturated carbocycles. The van der Waals surface area contributed by atoms with Gasteiger partial charge in [0.2, 0.25) is 11.3 Å². The van der Waals surface area contributed by atoms with Gasteiger partial charge in [-0.05, 0) is 42.9 Å².